The molecule has 4 rings (SSSR count). The van der Waals surface area contributed by atoms with Crippen LogP contribution >= 0.6 is 0 Å². The van der Waals surface area contributed by atoms with Crippen LogP contribution in [0, 0.1) is 0 Å². The quantitative estimate of drug-likeness (QED) is 0.432. The lowest BCUT2D eigenvalue weighted by molar-refractivity contribution is 1.19. The number of benzene rings is 1. The maximum absolute atomic E-state index is 5.82. The zero-order chi connectivity index (χ0) is 13.0. The summed E-state index contributed by atoms with van der Waals surface area (Å²) in [5.41, 5.74) is 14.6. The number of rotatable bonds is 0. The largest absolute Gasteiger partial charge is 0.382 e. The number of aromatic nitrogens is 5. The molecule has 19 heavy (non-hydrogen) atoms. The number of anilines is 2. The molecule has 1 aromatic carbocycles. The van der Waals surface area contributed by atoms with Crippen molar-refractivity contribution in [3.05, 3.63) is 24.3 Å². The van der Waals surface area contributed by atoms with E-state index < -0.39 is 0 Å². The Labute approximate surface area is 106 Å². The summed E-state index contributed by atoms with van der Waals surface area (Å²) in [7, 11) is 0. The lowest BCUT2D eigenvalue weighted by Crippen LogP contribution is -2.03. The number of aromatic amines is 1. The van der Waals surface area contributed by atoms with E-state index in [9.17, 15) is 0 Å². The summed E-state index contributed by atoms with van der Waals surface area (Å²) >= 11 is 0. The molecule has 92 valence electrons. The summed E-state index contributed by atoms with van der Waals surface area (Å²) in [6.07, 6.45) is 0. The van der Waals surface area contributed by atoms with Crippen LogP contribution in [0.2, 0.25) is 0 Å². The van der Waals surface area contributed by atoms with Gasteiger partial charge >= 0.3 is 0 Å². The number of para-hydroxylation sites is 1. The highest BCUT2D eigenvalue weighted by Gasteiger charge is 2.12. The van der Waals surface area contributed by atoms with Crippen molar-refractivity contribution >= 4 is 45.0 Å². The van der Waals surface area contributed by atoms with Crippen molar-refractivity contribution in [2.24, 2.45) is 0 Å². The summed E-state index contributed by atoms with van der Waals surface area (Å²) in [5, 5.41) is 0.989. The standard InChI is InChI=1S/C12H9N7/c13-9-8-11(19-12(14)17-9)18-10-7(16-8)5-3-1-2-4-6(5)15-10/h1-4H,(H5,13,14,15,17,18,19). The van der Waals surface area contributed by atoms with Gasteiger partial charge in [-0.05, 0) is 6.07 Å². The zero-order valence-corrected chi connectivity index (χ0v) is 9.75. The number of nitrogens with one attached hydrogen (secondary N) is 1. The van der Waals surface area contributed by atoms with E-state index in [2.05, 4.69) is 24.9 Å². The van der Waals surface area contributed by atoms with E-state index in [1.807, 2.05) is 24.3 Å². The minimum atomic E-state index is 0.0924. The lowest BCUT2D eigenvalue weighted by Gasteiger charge is -2.00. The van der Waals surface area contributed by atoms with Gasteiger partial charge in [-0.1, -0.05) is 18.2 Å². The molecule has 3 aromatic heterocycles. The van der Waals surface area contributed by atoms with Gasteiger partial charge in [-0.15, -0.1) is 0 Å². The van der Waals surface area contributed by atoms with Crippen LogP contribution < -0.4 is 11.5 Å². The minimum absolute atomic E-state index is 0.0924. The van der Waals surface area contributed by atoms with E-state index in [1.54, 1.807) is 0 Å². The molecule has 0 atom stereocenters. The van der Waals surface area contributed by atoms with Gasteiger partial charge in [-0.2, -0.15) is 9.97 Å². The summed E-state index contributed by atoms with van der Waals surface area (Å²) < 4.78 is 0. The first kappa shape index (κ1) is 10.0. The third-order valence-corrected chi connectivity index (χ3v) is 3.01. The molecule has 0 saturated carbocycles. The first-order valence-corrected chi connectivity index (χ1v) is 5.69. The van der Waals surface area contributed by atoms with Crippen LogP contribution in [-0.2, 0) is 0 Å². The van der Waals surface area contributed by atoms with Crippen LogP contribution in [0.5, 0.6) is 0 Å². The number of hydrogen-bond acceptors (Lipinski definition) is 6. The highest BCUT2D eigenvalue weighted by atomic mass is 15.1. The molecule has 0 bridgehead atoms. The second kappa shape index (κ2) is 3.29. The molecule has 0 aliphatic rings. The molecule has 0 saturated heterocycles. The van der Waals surface area contributed by atoms with E-state index in [4.69, 9.17) is 11.5 Å². The molecule has 4 aromatic rings. The van der Waals surface area contributed by atoms with Gasteiger partial charge in [0.2, 0.25) is 5.95 Å². The van der Waals surface area contributed by atoms with Crippen LogP contribution in [0.25, 0.3) is 33.2 Å². The van der Waals surface area contributed by atoms with Crippen molar-refractivity contribution in [1.29, 1.82) is 0 Å². The van der Waals surface area contributed by atoms with Gasteiger partial charge in [-0.25, -0.2) is 9.97 Å². The van der Waals surface area contributed by atoms with Crippen molar-refractivity contribution in [2.75, 3.05) is 11.5 Å². The van der Waals surface area contributed by atoms with Crippen molar-refractivity contribution in [3.63, 3.8) is 0 Å². The SMILES string of the molecule is Nc1nc(N)c2nc3c(nc2n1)[nH]c1ccccc13. The molecule has 5 N–H and O–H groups in total. The van der Waals surface area contributed by atoms with E-state index in [-0.39, 0.29) is 11.8 Å². The normalized spacial score (nSPS) is 11.6. The Morgan fingerprint density at radius 1 is 0.895 bits per heavy atom. The summed E-state index contributed by atoms with van der Waals surface area (Å²) in [4.78, 5) is 20.1. The molecule has 7 nitrogen and oxygen atoms in total. The van der Waals surface area contributed by atoms with E-state index >= 15 is 0 Å². The van der Waals surface area contributed by atoms with Crippen molar-refractivity contribution < 1.29 is 0 Å². The molecule has 0 aliphatic carbocycles. The van der Waals surface area contributed by atoms with Crippen LogP contribution in [0.4, 0.5) is 11.8 Å². The van der Waals surface area contributed by atoms with Crippen molar-refractivity contribution in [1.82, 2.24) is 24.9 Å². The first-order chi connectivity index (χ1) is 9.22. The Kier molecular flexibility index (Phi) is 1.73. The minimum Gasteiger partial charge on any atom is -0.382 e. The van der Waals surface area contributed by atoms with Gasteiger partial charge in [0.1, 0.15) is 5.52 Å². The Morgan fingerprint density at radius 2 is 1.74 bits per heavy atom. The van der Waals surface area contributed by atoms with Crippen molar-refractivity contribution in [2.45, 2.75) is 0 Å². The fourth-order valence-electron chi connectivity index (χ4n) is 2.19. The van der Waals surface area contributed by atoms with E-state index in [0.29, 0.717) is 16.8 Å². The van der Waals surface area contributed by atoms with Gasteiger partial charge in [-0.3, -0.25) is 0 Å². The molecule has 0 fully saturated rings. The zero-order valence-electron chi connectivity index (χ0n) is 9.75. The highest BCUT2D eigenvalue weighted by Crippen LogP contribution is 2.25. The monoisotopic (exact) mass is 251 g/mol. The number of nitrogens with two attached hydrogens (primary N) is 2. The third-order valence-electron chi connectivity index (χ3n) is 3.01. The molecular formula is C12H9N7. The van der Waals surface area contributed by atoms with Gasteiger partial charge in [0, 0.05) is 10.9 Å². The fraction of sp³-hybridized carbons (Fsp3) is 0. The van der Waals surface area contributed by atoms with Crippen LogP contribution in [0.1, 0.15) is 0 Å². The molecule has 0 radical (unpaired) electrons. The molecule has 7 heteroatoms. The molecule has 0 unspecified atom stereocenters. The maximum atomic E-state index is 5.82. The first-order valence-electron chi connectivity index (χ1n) is 5.69. The Bertz CT molecular complexity index is 941. The molecule has 0 aliphatic heterocycles. The van der Waals surface area contributed by atoms with Crippen LogP contribution in [-0.4, -0.2) is 24.9 Å². The molecule has 0 amide bonds. The maximum Gasteiger partial charge on any atom is 0.224 e. The fourth-order valence-corrected chi connectivity index (χ4v) is 2.19. The van der Waals surface area contributed by atoms with Crippen LogP contribution in [0.15, 0.2) is 24.3 Å². The van der Waals surface area contributed by atoms with Crippen LogP contribution in [0.3, 0.4) is 0 Å². The van der Waals surface area contributed by atoms with E-state index in [1.165, 1.54) is 0 Å². The third kappa shape index (κ3) is 1.32. The summed E-state index contributed by atoms with van der Waals surface area (Å²) in [5.74, 6) is 0.331. The Morgan fingerprint density at radius 3 is 2.63 bits per heavy atom. The smallest absolute Gasteiger partial charge is 0.224 e. The van der Waals surface area contributed by atoms with Gasteiger partial charge in [0.25, 0.3) is 0 Å². The number of nitrogens with zero attached hydrogens (tertiary/aromatic N) is 4. The van der Waals surface area contributed by atoms with Gasteiger partial charge in [0.15, 0.2) is 22.6 Å². The molecule has 3 heterocycles. The second-order valence-corrected chi connectivity index (χ2v) is 4.23. The van der Waals surface area contributed by atoms with Crippen molar-refractivity contribution in [3.8, 4) is 0 Å². The topological polar surface area (TPSA) is 119 Å². The molecule has 0 spiro atoms. The number of nitrogen functional groups attached to an aromatic ring is 2. The summed E-state index contributed by atoms with van der Waals surface area (Å²) in [6, 6.07) is 7.84. The number of hydrogen-bond donors (Lipinski definition) is 3. The number of H-pyrrole nitrogens is 1. The number of fused-ring (bicyclic) bond motifs is 4. The average Bonchev–Trinajstić information content (AvgIpc) is 2.74. The second-order valence-electron chi connectivity index (χ2n) is 4.23. The average molecular weight is 251 g/mol. The predicted octanol–water partition coefficient (Wildman–Crippen LogP) is 1.22. The van der Waals surface area contributed by atoms with Gasteiger partial charge < -0.3 is 16.5 Å². The molecular weight excluding hydrogens is 242 g/mol. The lowest BCUT2D eigenvalue weighted by atomic mass is 10.2. The highest BCUT2D eigenvalue weighted by molar-refractivity contribution is 6.06. The predicted molar refractivity (Wildman–Crippen MR) is 73.3 cm³/mol. The van der Waals surface area contributed by atoms with E-state index in [0.717, 1.165) is 16.4 Å². The Hall–Kier alpha value is -2.96. The van der Waals surface area contributed by atoms with Gasteiger partial charge in [0.05, 0.1) is 0 Å². The summed E-state index contributed by atoms with van der Waals surface area (Å²) in [6.45, 7) is 0. The Balaban J connectivity index is 2.25.